The summed E-state index contributed by atoms with van der Waals surface area (Å²) < 4.78 is 0. The molecule has 1 saturated carbocycles. The Labute approximate surface area is 117 Å². The zero-order valence-electron chi connectivity index (χ0n) is 11.5. The van der Waals surface area contributed by atoms with Gasteiger partial charge in [0, 0.05) is 17.2 Å². The number of hydrogen-bond acceptors (Lipinski definition) is 3. The molecule has 102 valence electrons. The van der Waals surface area contributed by atoms with Gasteiger partial charge in [-0.3, -0.25) is 4.79 Å². The number of aryl methyl sites for hydroxylation is 2. The van der Waals surface area contributed by atoms with Crippen molar-refractivity contribution in [2.24, 2.45) is 5.92 Å². The van der Waals surface area contributed by atoms with Gasteiger partial charge in [0.25, 0.3) is 0 Å². The van der Waals surface area contributed by atoms with E-state index in [4.69, 9.17) is 5.11 Å². The van der Waals surface area contributed by atoms with Gasteiger partial charge in [-0.25, -0.2) is 9.97 Å². The SMILES string of the molecule is Cc1cc(-c2ccccc2C)nc(C2CC2C(=O)O)n1. The van der Waals surface area contributed by atoms with E-state index < -0.39 is 5.97 Å². The molecule has 0 aliphatic heterocycles. The standard InChI is InChI=1S/C16H16N2O2/c1-9-5-3-4-6-11(9)14-7-10(2)17-15(18-14)12-8-13(12)16(19)20/h3-7,12-13H,8H2,1-2H3,(H,19,20). The summed E-state index contributed by atoms with van der Waals surface area (Å²) in [6.45, 7) is 3.97. The lowest BCUT2D eigenvalue weighted by Crippen LogP contribution is -2.03. The van der Waals surface area contributed by atoms with Crippen LogP contribution in [0.5, 0.6) is 0 Å². The van der Waals surface area contributed by atoms with E-state index in [1.54, 1.807) is 0 Å². The maximum absolute atomic E-state index is 11.0. The van der Waals surface area contributed by atoms with E-state index in [-0.39, 0.29) is 11.8 Å². The highest BCUT2D eigenvalue weighted by atomic mass is 16.4. The van der Waals surface area contributed by atoms with E-state index in [1.807, 2.05) is 44.2 Å². The molecule has 0 saturated heterocycles. The van der Waals surface area contributed by atoms with Gasteiger partial charge in [-0.2, -0.15) is 0 Å². The number of aromatic nitrogens is 2. The van der Waals surface area contributed by atoms with Gasteiger partial charge in [0.1, 0.15) is 5.82 Å². The molecule has 4 heteroatoms. The van der Waals surface area contributed by atoms with Gasteiger partial charge in [-0.15, -0.1) is 0 Å². The van der Waals surface area contributed by atoms with Crippen molar-refractivity contribution in [1.29, 1.82) is 0 Å². The molecule has 1 aliphatic carbocycles. The van der Waals surface area contributed by atoms with Crippen LogP contribution in [0.2, 0.25) is 0 Å². The Hall–Kier alpha value is -2.23. The number of benzene rings is 1. The second kappa shape index (κ2) is 4.71. The molecule has 1 fully saturated rings. The zero-order valence-corrected chi connectivity index (χ0v) is 11.5. The molecule has 1 aromatic carbocycles. The first-order valence-electron chi connectivity index (χ1n) is 6.70. The molecule has 1 aromatic heterocycles. The van der Waals surface area contributed by atoms with Crippen LogP contribution in [0.3, 0.4) is 0 Å². The Morgan fingerprint density at radius 3 is 2.65 bits per heavy atom. The van der Waals surface area contributed by atoms with Gasteiger partial charge in [0.2, 0.25) is 0 Å². The molecule has 3 rings (SSSR count). The molecule has 0 spiro atoms. The van der Waals surface area contributed by atoms with E-state index in [2.05, 4.69) is 9.97 Å². The number of carboxylic acids is 1. The molecule has 4 nitrogen and oxygen atoms in total. The molecule has 1 heterocycles. The number of carboxylic acid groups (broad SMARTS) is 1. The van der Waals surface area contributed by atoms with Crippen molar-refractivity contribution >= 4 is 5.97 Å². The van der Waals surface area contributed by atoms with Crippen LogP contribution in [0.25, 0.3) is 11.3 Å². The Bertz CT molecular complexity index is 682. The first-order chi connectivity index (χ1) is 9.56. The van der Waals surface area contributed by atoms with Gasteiger partial charge in [-0.05, 0) is 31.9 Å². The Kier molecular flexibility index (Phi) is 3.01. The van der Waals surface area contributed by atoms with E-state index in [9.17, 15) is 4.79 Å². The quantitative estimate of drug-likeness (QED) is 0.929. The summed E-state index contributed by atoms with van der Waals surface area (Å²) in [7, 11) is 0. The molecule has 0 bridgehead atoms. The van der Waals surface area contributed by atoms with Crippen molar-refractivity contribution in [3.05, 3.63) is 47.4 Å². The molecule has 0 amide bonds. The molecular weight excluding hydrogens is 252 g/mol. The van der Waals surface area contributed by atoms with Gasteiger partial charge in [-0.1, -0.05) is 24.3 Å². The van der Waals surface area contributed by atoms with Crippen molar-refractivity contribution in [3.8, 4) is 11.3 Å². The van der Waals surface area contributed by atoms with E-state index in [1.165, 1.54) is 0 Å². The van der Waals surface area contributed by atoms with Crippen molar-refractivity contribution in [2.75, 3.05) is 0 Å². The van der Waals surface area contributed by atoms with Crippen molar-refractivity contribution in [1.82, 2.24) is 9.97 Å². The van der Waals surface area contributed by atoms with Crippen molar-refractivity contribution < 1.29 is 9.90 Å². The number of rotatable bonds is 3. The van der Waals surface area contributed by atoms with Gasteiger partial charge < -0.3 is 5.11 Å². The summed E-state index contributed by atoms with van der Waals surface area (Å²) in [4.78, 5) is 20.0. The molecular formula is C16H16N2O2. The van der Waals surface area contributed by atoms with E-state index >= 15 is 0 Å². The third-order valence-electron chi connectivity index (χ3n) is 3.73. The predicted octanol–water partition coefficient (Wildman–Crippen LogP) is 2.95. The van der Waals surface area contributed by atoms with Crippen LogP contribution in [0.1, 0.15) is 29.4 Å². The fourth-order valence-electron chi connectivity index (χ4n) is 2.51. The highest BCUT2D eigenvalue weighted by molar-refractivity contribution is 5.75. The Balaban J connectivity index is 2.00. The summed E-state index contributed by atoms with van der Waals surface area (Å²) >= 11 is 0. The van der Waals surface area contributed by atoms with Crippen LogP contribution in [0.4, 0.5) is 0 Å². The smallest absolute Gasteiger partial charge is 0.307 e. The minimum absolute atomic E-state index is 0.0323. The minimum Gasteiger partial charge on any atom is -0.481 e. The van der Waals surface area contributed by atoms with Crippen LogP contribution in [0.15, 0.2) is 30.3 Å². The summed E-state index contributed by atoms with van der Waals surface area (Å²) in [5.74, 6) is -0.440. The van der Waals surface area contributed by atoms with Crippen LogP contribution >= 0.6 is 0 Å². The second-order valence-corrected chi connectivity index (χ2v) is 5.35. The molecule has 1 aliphatic rings. The second-order valence-electron chi connectivity index (χ2n) is 5.35. The van der Waals surface area contributed by atoms with Crippen molar-refractivity contribution in [2.45, 2.75) is 26.2 Å². The molecule has 2 unspecified atom stereocenters. The topological polar surface area (TPSA) is 63.1 Å². The van der Waals surface area contributed by atoms with Crippen molar-refractivity contribution in [3.63, 3.8) is 0 Å². The molecule has 1 N–H and O–H groups in total. The Morgan fingerprint density at radius 2 is 2.00 bits per heavy atom. The number of aliphatic carboxylic acids is 1. The van der Waals surface area contributed by atoms with E-state index in [0.717, 1.165) is 22.5 Å². The van der Waals surface area contributed by atoms with Crippen LogP contribution < -0.4 is 0 Å². The van der Waals surface area contributed by atoms with Gasteiger partial charge in [0.05, 0.1) is 11.6 Å². The summed E-state index contributed by atoms with van der Waals surface area (Å²) in [6, 6.07) is 10.0. The lowest BCUT2D eigenvalue weighted by atomic mass is 10.1. The van der Waals surface area contributed by atoms with E-state index in [0.29, 0.717) is 12.2 Å². The van der Waals surface area contributed by atoms with Gasteiger partial charge >= 0.3 is 5.97 Å². The molecule has 0 radical (unpaired) electrons. The average Bonchev–Trinajstić information content (AvgIpc) is 3.19. The maximum Gasteiger partial charge on any atom is 0.307 e. The molecule has 20 heavy (non-hydrogen) atoms. The first kappa shape index (κ1) is 12.8. The summed E-state index contributed by atoms with van der Waals surface area (Å²) in [5.41, 5.74) is 3.99. The van der Waals surface area contributed by atoms with Crippen LogP contribution in [0, 0.1) is 19.8 Å². The lowest BCUT2D eigenvalue weighted by molar-refractivity contribution is -0.138. The monoisotopic (exact) mass is 268 g/mol. The highest BCUT2D eigenvalue weighted by Gasteiger charge is 2.46. The number of carbonyl (C=O) groups is 1. The summed E-state index contributed by atoms with van der Waals surface area (Å²) in [5, 5.41) is 9.03. The highest BCUT2D eigenvalue weighted by Crippen LogP contribution is 2.46. The van der Waals surface area contributed by atoms with Gasteiger partial charge in [0.15, 0.2) is 0 Å². The molecule has 2 atom stereocenters. The van der Waals surface area contributed by atoms with Crippen LogP contribution in [-0.4, -0.2) is 21.0 Å². The first-order valence-corrected chi connectivity index (χ1v) is 6.70. The third kappa shape index (κ3) is 2.29. The minimum atomic E-state index is -0.752. The fourth-order valence-corrected chi connectivity index (χ4v) is 2.51. The number of hydrogen-bond donors (Lipinski definition) is 1. The zero-order chi connectivity index (χ0) is 14.3. The molecule has 2 aromatic rings. The lowest BCUT2D eigenvalue weighted by Gasteiger charge is -2.08. The van der Waals surface area contributed by atoms with Crippen LogP contribution in [-0.2, 0) is 4.79 Å². The Morgan fingerprint density at radius 1 is 1.25 bits per heavy atom. The maximum atomic E-state index is 11.0. The normalized spacial score (nSPS) is 20.7. The average molecular weight is 268 g/mol. The number of nitrogens with zero attached hydrogens (tertiary/aromatic N) is 2. The predicted molar refractivity (Wildman–Crippen MR) is 75.4 cm³/mol. The summed E-state index contributed by atoms with van der Waals surface area (Å²) in [6.07, 6.45) is 0.645. The third-order valence-corrected chi connectivity index (χ3v) is 3.73. The fraction of sp³-hybridized carbons (Fsp3) is 0.312. The largest absolute Gasteiger partial charge is 0.481 e.